The first-order valence-electron chi connectivity index (χ1n) is 7.49. The van der Waals surface area contributed by atoms with E-state index in [1.165, 1.54) is 12.1 Å². The van der Waals surface area contributed by atoms with Crippen molar-refractivity contribution >= 4 is 11.4 Å². The van der Waals surface area contributed by atoms with Crippen molar-refractivity contribution in [3.8, 4) is 5.75 Å². The number of nitro benzene ring substituents is 1. The van der Waals surface area contributed by atoms with Gasteiger partial charge < -0.3 is 15.8 Å². The zero-order valence-corrected chi connectivity index (χ0v) is 12.8. The summed E-state index contributed by atoms with van der Waals surface area (Å²) in [7, 11) is 0. The summed E-state index contributed by atoms with van der Waals surface area (Å²) in [5, 5.41) is 14.3. The molecule has 0 saturated heterocycles. The van der Waals surface area contributed by atoms with Crippen molar-refractivity contribution in [1.82, 2.24) is 0 Å². The maximum absolute atomic E-state index is 11.0. The Hall–Kier alpha value is -1.82. The van der Waals surface area contributed by atoms with E-state index in [0.29, 0.717) is 24.6 Å². The zero-order valence-electron chi connectivity index (χ0n) is 12.8. The number of rotatable bonds is 10. The molecule has 0 aromatic heterocycles. The van der Waals surface area contributed by atoms with Gasteiger partial charge in [-0.15, -0.1) is 0 Å². The molecule has 0 saturated carbocycles. The molecule has 0 heterocycles. The predicted octanol–water partition coefficient (Wildman–Crippen LogP) is 3.31. The Morgan fingerprint density at radius 3 is 2.67 bits per heavy atom. The number of unbranched alkanes of at least 4 members (excludes halogenated alkanes) is 1. The second-order valence-corrected chi connectivity index (χ2v) is 5.04. The van der Waals surface area contributed by atoms with Crippen LogP contribution in [0.4, 0.5) is 11.4 Å². The lowest BCUT2D eigenvalue weighted by Gasteiger charge is -2.18. The lowest BCUT2D eigenvalue weighted by Crippen LogP contribution is -2.28. The highest BCUT2D eigenvalue weighted by molar-refractivity contribution is 5.56. The topological polar surface area (TPSA) is 90.4 Å². The van der Waals surface area contributed by atoms with E-state index in [-0.39, 0.29) is 11.7 Å². The smallest absolute Gasteiger partial charge is 0.275 e. The van der Waals surface area contributed by atoms with E-state index >= 15 is 0 Å². The number of nitrogens with two attached hydrogens (primary N) is 1. The minimum Gasteiger partial charge on any atom is -0.493 e. The van der Waals surface area contributed by atoms with Gasteiger partial charge in [0.05, 0.1) is 17.6 Å². The zero-order chi connectivity index (χ0) is 15.7. The Morgan fingerprint density at radius 2 is 2.10 bits per heavy atom. The molecule has 6 heteroatoms. The fourth-order valence-electron chi connectivity index (χ4n) is 2.01. The van der Waals surface area contributed by atoms with Crippen LogP contribution in [0.5, 0.6) is 5.75 Å². The van der Waals surface area contributed by atoms with Crippen molar-refractivity contribution in [3.63, 3.8) is 0 Å². The lowest BCUT2D eigenvalue weighted by atomic mass is 10.1. The molecule has 3 N–H and O–H groups in total. The van der Waals surface area contributed by atoms with Crippen molar-refractivity contribution in [2.45, 2.75) is 45.6 Å². The normalized spacial score (nSPS) is 12.0. The largest absolute Gasteiger partial charge is 0.493 e. The average molecular weight is 295 g/mol. The second kappa shape index (κ2) is 9.18. The number of hydrogen-bond donors (Lipinski definition) is 2. The van der Waals surface area contributed by atoms with Crippen LogP contribution >= 0.6 is 0 Å². The molecule has 1 rings (SSSR count). The summed E-state index contributed by atoms with van der Waals surface area (Å²) in [6.45, 7) is 5.15. The van der Waals surface area contributed by atoms with E-state index in [2.05, 4.69) is 12.2 Å². The highest BCUT2D eigenvalue weighted by Crippen LogP contribution is 2.27. The van der Waals surface area contributed by atoms with Crippen LogP contribution in [0, 0.1) is 10.1 Å². The van der Waals surface area contributed by atoms with Gasteiger partial charge in [-0.2, -0.15) is 0 Å². The molecule has 1 atom stereocenters. The molecule has 0 spiro atoms. The van der Waals surface area contributed by atoms with Crippen molar-refractivity contribution in [2.75, 3.05) is 18.5 Å². The molecule has 6 nitrogen and oxygen atoms in total. The number of nitrogens with one attached hydrogen (secondary N) is 1. The van der Waals surface area contributed by atoms with Crippen LogP contribution < -0.4 is 15.8 Å². The maximum atomic E-state index is 11.0. The third-order valence-electron chi connectivity index (χ3n) is 3.14. The van der Waals surface area contributed by atoms with Crippen LogP contribution in [0.1, 0.15) is 39.5 Å². The first-order valence-corrected chi connectivity index (χ1v) is 7.49. The van der Waals surface area contributed by atoms with Gasteiger partial charge >= 0.3 is 0 Å². The van der Waals surface area contributed by atoms with Crippen LogP contribution in [0.2, 0.25) is 0 Å². The predicted molar refractivity (Wildman–Crippen MR) is 84.9 cm³/mol. The fourth-order valence-corrected chi connectivity index (χ4v) is 2.01. The Kier molecular flexibility index (Phi) is 7.53. The summed E-state index contributed by atoms with van der Waals surface area (Å²) in [5.41, 5.74) is 6.46. The summed E-state index contributed by atoms with van der Waals surface area (Å²) >= 11 is 0. The van der Waals surface area contributed by atoms with Gasteiger partial charge in [-0.1, -0.05) is 26.7 Å². The second-order valence-electron chi connectivity index (χ2n) is 5.04. The van der Waals surface area contributed by atoms with E-state index in [1.807, 2.05) is 6.92 Å². The quantitative estimate of drug-likeness (QED) is 0.510. The molecule has 1 unspecified atom stereocenters. The highest BCUT2D eigenvalue weighted by atomic mass is 16.6. The molecular weight excluding hydrogens is 270 g/mol. The average Bonchev–Trinajstić information content (AvgIpc) is 2.49. The summed E-state index contributed by atoms with van der Waals surface area (Å²) in [6, 6.07) is 4.88. The van der Waals surface area contributed by atoms with Crippen LogP contribution in [0.25, 0.3) is 0 Å². The standard InChI is InChI=1S/C15H25N3O3/c1-3-5-6-12(11-16)17-13-8-14(18(19)20)10-15(9-13)21-7-4-2/h8-10,12,17H,3-7,11,16H2,1-2H3. The molecule has 0 bridgehead atoms. The number of benzene rings is 1. The van der Waals surface area contributed by atoms with Gasteiger partial charge in [0.2, 0.25) is 0 Å². The lowest BCUT2D eigenvalue weighted by molar-refractivity contribution is -0.384. The molecule has 118 valence electrons. The molecule has 0 radical (unpaired) electrons. The molecule has 0 aliphatic rings. The van der Waals surface area contributed by atoms with Crippen molar-refractivity contribution in [1.29, 1.82) is 0 Å². The van der Waals surface area contributed by atoms with E-state index in [9.17, 15) is 10.1 Å². The first kappa shape index (κ1) is 17.2. The molecule has 0 aliphatic heterocycles. The number of ether oxygens (including phenoxy) is 1. The van der Waals surface area contributed by atoms with E-state index < -0.39 is 4.92 Å². The molecular formula is C15H25N3O3. The van der Waals surface area contributed by atoms with Crippen molar-refractivity contribution in [3.05, 3.63) is 28.3 Å². The third kappa shape index (κ3) is 5.99. The van der Waals surface area contributed by atoms with Crippen LogP contribution in [0.3, 0.4) is 0 Å². The van der Waals surface area contributed by atoms with E-state index in [1.54, 1.807) is 6.07 Å². The van der Waals surface area contributed by atoms with Gasteiger partial charge in [-0.3, -0.25) is 10.1 Å². The van der Waals surface area contributed by atoms with E-state index in [0.717, 1.165) is 25.7 Å². The van der Waals surface area contributed by atoms with Crippen LogP contribution in [0.15, 0.2) is 18.2 Å². The van der Waals surface area contributed by atoms with Gasteiger partial charge in [0.1, 0.15) is 5.75 Å². The number of nitro groups is 1. The Morgan fingerprint density at radius 1 is 1.33 bits per heavy atom. The van der Waals surface area contributed by atoms with Crippen LogP contribution in [-0.4, -0.2) is 24.1 Å². The molecule has 0 aliphatic carbocycles. The Bertz CT molecular complexity index is 452. The van der Waals surface area contributed by atoms with Gasteiger partial charge in [0, 0.05) is 30.4 Å². The van der Waals surface area contributed by atoms with Gasteiger partial charge in [0.25, 0.3) is 5.69 Å². The SMILES string of the molecule is CCCCC(CN)Nc1cc(OCCC)cc([N+](=O)[O-])c1. The fraction of sp³-hybridized carbons (Fsp3) is 0.600. The van der Waals surface area contributed by atoms with E-state index in [4.69, 9.17) is 10.5 Å². The number of nitrogens with zero attached hydrogens (tertiary/aromatic N) is 1. The summed E-state index contributed by atoms with van der Waals surface area (Å²) in [5.74, 6) is 0.514. The third-order valence-corrected chi connectivity index (χ3v) is 3.14. The Labute approximate surface area is 125 Å². The summed E-state index contributed by atoms with van der Waals surface area (Å²) in [4.78, 5) is 10.6. The highest BCUT2D eigenvalue weighted by Gasteiger charge is 2.13. The monoisotopic (exact) mass is 295 g/mol. The maximum Gasteiger partial charge on any atom is 0.275 e. The van der Waals surface area contributed by atoms with Crippen molar-refractivity contribution in [2.24, 2.45) is 5.73 Å². The first-order chi connectivity index (χ1) is 10.1. The van der Waals surface area contributed by atoms with Crippen LogP contribution in [-0.2, 0) is 0 Å². The van der Waals surface area contributed by atoms with Gasteiger partial charge in [-0.05, 0) is 12.8 Å². The summed E-state index contributed by atoms with van der Waals surface area (Å²) in [6.07, 6.45) is 3.97. The number of anilines is 1. The van der Waals surface area contributed by atoms with Crippen molar-refractivity contribution < 1.29 is 9.66 Å². The van der Waals surface area contributed by atoms with Gasteiger partial charge in [0.15, 0.2) is 0 Å². The van der Waals surface area contributed by atoms with Gasteiger partial charge in [-0.25, -0.2) is 0 Å². The number of hydrogen-bond acceptors (Lipinski definition) is 5. The Balaban J connectivity index is 2.87. The minimum atomic E-state index is -0.409. The molecule has 1 aromatic rings. The summed E-state index contributed by atoms with van der Waals surface area (Å²) < 4.78 is 5.51. The molecule has 0 fully saturated rings. The molecule has 0 amide bonds. The minimum absolute atomic E-state index is 0.0253. The number of non-ortho nitro benzene ring substituents is 1. The molecule has 21 heavy (non-hydrogen) atoms. The molecule has 1 aromatic carbocycles.